The quantitative estimate of drug-likeness (QED) is 0.587. The highest BCUT2D eigenvalue weighted by molar-refractivity contribution is 8.14. The molecule has 0 saturated heterocycles. The molecule has 0 amide bonds. The molecule has 0 aliphatic rings. The van der Waals surface area contributed by atoms with E-state index in [1.165, 1.54) is 0 Å². The number of rotatable bonds is 1. The summed E-state index contributed by atoms with van der Waals surface area (Å²) >= 11 is 16.5. The second-order valence-electron chi connectivity index (χ2n) is 1.98. The molecule has 1 heterocycles. The van der Waals surface area contributed by atoms with Crippen LogP contribution < -0.4 is 0 Å². The van der Waals surface area contributed by atoms with E-state index in [9.17, 15) is 8.42 Å². The minimum Gasteiger partial charge on any atom is -0.223 e. The first-order valence-corrected chi connectivity index (χ1v) is 6.23. The Morgan fingerprint density at radius 2 is 1.77 bits per heavy atom. The number of aromatic nitrogens is 1. The van der Waals surface area contributed by atoms with Gasteiger partial charge >= 0.3 is 0 Å². The highest BCUT2D eigenvalue weighted by Gasteiger charge is 2.20. The van der Waals surface area contributed by atoms with Crippen molar-refractivity contribution in [2.24, 2.45) is 0 Å². The number of halogens is 4. The van der Waals surface area contributed by atoms with Crippen LogP contribution in [0.5, 0.6) is 0 Å². The third-order valence-electron chi connectivity index (χ3n) is 1.10. The third kappa shape index (κ3) is 2.60. The molecule has 13 heavy (non-hydrogen) atoms. The Morgan fingerprint density at radius 1 is 1.23 bits per heavy atom. The lowest BCUT2D eigenvalue weighted by Gasteiger charge is -2.01. The van der Waals surface area contributed by atoms with Gasteiger partial charge in [0.1, 0.15) is 10.0 Å². The normalized spacial score (nSPS) is 11.7. The lowest BCUT2D eigenvalue weighted by Crippen LogP contribution is -1.95. The fourth-order valence-corrected chi connectivity index (χ4v) is 3.24. The van der Waals surface area contributed by atoms with Crippen LogP contribution >= 0.6 is 45.5 Å². The van der Waals surface area contributed by atoms with Crippen LogP contribution in [0.15, 0.2) is 11.0 Å². The molecule has 0 fully saturated rings. The molecule has 0 aromatic carbocycles. The van der Waals surface area contributed by atoms with E-state index in [4.69, 9.17) is 45.5 Å². The Labute approximate surface area is 94.0 Å². The predicted molar refractivity (Wildman–Crippen MR) is 52.3 cm³/mol. The fourth-order valence-electron chi connectivity index (χ4n) is 0.663. The SMILES string of the molecule is O=S(=O)(Cl)c1c(Cl)cc(Cl)nc1Cl. The molecule has 0 spiro atoms. The van der Waals surface area contributed by atoms with Gasteiger partial charge in [0.15, 0.2) is 5.15 Å². The van der Waals surface area contributed by atoms with E-state index in [0.717, 1.165) is 6.07 Å². The van der Waals surface area contributed by atoms with Crippen molar-refractivity contribution in [2.75, 3.05) is 0 Å². The smallest absolute Gasteiger partial charge is 0.223 e. The molecule has 72 valence electrons. The van der Waals surface area contributed by atoms with Gasteiger partial charge in [0, 0.05) is 10.7 Å². The Balaban J connectivity index is 3.57. The third-order valence-corrected chi connectivity index (χ3v) is 3.45. The average Bonchev–Trinajstić information content (AvgIpc) is 1.78. The average molecular weight is 281 g/mol. The molecule has 0 aliphatic heterocycles. The summed E-state index contributed by atoms with van der Waals surface area (Å²) in [5.74, 6) is 0. The second kappa shape index (κ2) is 3.79. The maximum atomic E-state index is 10.9. The summed E-state index contributed by atoms with van der Waals surface area (Å²) in [5, 5.41) is -0.494. The standard InChI is InChI=1S/C5HCl4NO2S/c6-2-1-3(7)10-5(8)4(2)13(9,11)12/h1H. The van der Waals surface area contributed by atoms with Gasteiger partial charge in [0.25, 0.3) is 9.05 Å². The van der Waals surface area contributed by atoms with Crippen LogP contribution in [0.4, 0.5) is 0 Å². The van der Waals surface area contributed by atoms with Crippen molar-refractivity contribution in [1.82, 2.24) is 4.98 Å². The van der Waals surface area contributed by atoms with Crippen molar-refractivity contribution in [1.29, 1.82) is 0 Å². The summed E-state index contributed by atoms with van der Waals surface area (Å²) < 4.78 is 21.8. The summed E-state index contributed by atoms with van der Waals surface area (Å²) in [6.07, 6.45) is 0. The Hall–Kier alpha value is 0.260. The molecule has 8 heteroatoms. The van der Waals surface area contributed by atoms with E-state index in [2.05, 4.69) is 4.98 Å². The summed E-state index contributed by atoms with van der Waals surface area (Å²) in [4.78, 5) is 3.05. The molecule has 0 N–H and O–H groups in total. The van der Waals surface area contributed by atoms with E-state index in [1.807, 2.05) is 0 Å². The molecule has 0 saturated carbocycles. The second-order valence-corrected chi connectivity index (χ2v) is 5.64. The first-order chi connectivity index (χ1) is 5.82. The first kappa shape index (κ1) is 11.3. The summed E-state index contributed by atoms with van der Waals surface area (Å²) in [5.41, 5.74) is 0. The summed E-state index contributed by atoms with van der Waals surface area (Å²) in [6, 6.07) is 1.14. The van der Waals surface area contributed by atoms with Crippen LogP contribution in [0, 0.1) is 0 Å². The molecule has 1 rings (SSSR count). The molecule has 0 unspecified atom stereocenters. The van der Waals surface area contributed by atoms with Gasteiger partial charge in [-0.2, -0.15) is 0 Å². The van der Waals surface area contributed by atoms with Gasteiger partial charge in [0.05, 0.1) is 5.02 Å². The largest absolute Gasteiger partial charge is 0.265 e. The van der Waals surface area contributed by atoms with Crippen molar-refractivity contribution in [3.05, 3.63) is 21.4 Å². The van der Waals surface area contributed by atoms with Gasteiger partial charge in [-0.1, -0.05) is 34.8 Å². The van der Waals surface area contributed by atoms with Gasteiger partial charge in [-0.05, 0) is 6.07 Å². The number of nitrogens with zero attached hydrogens (tertiary/aromatic N) is 1. The highest BCUT2D eigenvalue weighted by atomic mass is 35.7. The molecular weight excluding hydrogens is 280 g/mol. The highest BCUT2D eigenvalue weighted by Crippen LogP contribution is 2.32. The first-order valence-electron chi connectivity index (χ1n) is 2.78. The Morgan fingerprint density at radius 3 is 2.15 bits per heavy atom. The van der Waals surface area contributed by atoms with Crippen LogP contribution in [0.25, 0.3) is 0 Å². The molecule has 0 atom stereocenters. The van der Waals surface area contributed by atoms with Crippen LogP contribution in [0.2, 0.25) is 15.3 Å². The van der Waals surface area contributed by atoms with E-state index < -0.39 is 13.9 Å². The topological polar surface area (TPSA) is 47.0 Å². The van der Waals surface area contributed by atoms with Crippen molar-refractivity contribution >= 4 is 54.5 Å². The zero-order chi connectivity index (χ0) is 10.2. The van der Waals surface area contributed by atoms with Crippen molar-refractivity contribution in [2.45, 2.75) is 4.90 Å². The van der Waals surface area contributed by atoms with Gasteiger partial charge < -0.3 is 0 Å². The molecule has 0 radical (unpaired) electrons. The molecule has 1 aromatic heterocycles. The number of hydrogen-bond donors (Lipinski definition) is 0. The minimum atomic E-state index is -3.99. The van der Waals surface area contributed by atoms with Crippen molar-refractivity contribution in [3.63, 3.8) is 0 Å². The predicted octanol–water partition coefficient (Wildman–Crippen LogP) is 2.97. The van der Waals surface area contributed by atoms with Crippen molar-refractivity contribution < 1.29 is 8.42 Å². The lowest BCUT2D eigenvalue weighted by atomic mass is 10.5. The van der Waals surface area contributed by atoms with Gasteiger partial charge in [-0.25, -0.2) is 13.4 Å². The number of hydrogen-bond acceptors (Lipinski definition) is 3. The summed E-state index contributed by atoms with van der Waals surface area (Å²) in [7, 11) is 1.05. The molecule has 0 bridgehead atoms. The maximum Gasteiger partial charge on any atom is 0.265 e. The van der Waals surface area contributed by atoms with E-state index in [-0.39, 0.29) is 15.3 Å². The Bertz CT molecular complexity index is 421. The lowest BCUT2D eigenvalue weighted by molar-refractivity contribution is 0.609. The maximum absolute atomic E-state index is 10.9. The molecular formula is C5HCl4NO2S. The fraction of sp³-hybridized carbons (Fsp3) is 0. The van der Waals surface area contributed by atoms with Crippen LogP contribution in [-0.4, -0.2) is 13.4 Å². The summed E-state index contributed by atoms with van der Waals surface area (Å²) in [6.45, 7) is 0. The van der Waals surface area contributed by atoms with Crippen LogP contribution in [0.3, 0.4) is 0 Å². The molecule has 0 aliphatic carbocycles. The minimum absolute atomic E-state index is 0.000864. The van der Waals surface area contributed by atoms with Gasteiger partial charge in [-0.3, -0.25) is 0 Å². The van der Waals surface area contributed by atoms with Crippen molar-refractivity contribution in [3.8, 4) is 0 Å². The van der Waals surface area contributed by atoms with Crippen LogP contribution in [0.1, 0.15) is 0 Å². The van der Waals surface area contributed by atoms with Gasteiger partial charge in [0.2, 0.25) is 0 Å². The molecule has 1 aromatic rings. The van der Waals surface area contributed by atoms with Crippen LogP contribution in [-0.2, 0) is 9.05 Å². The van der Waals surface area contributed by atoms with E-state index in [0.29, 0.717) is 0 Å². The van der Waals surface area contributed by atoms with E-state index in [1.54, 1.807) is 0 Å². The zero-order valence-corrected chi connectivity index (χ0v) is 9.60. The van der Waals surface area contributed by atoms with E-state index >= 15 is 0 Å². The zero-order valence-electron chi connectivity index (χ0n) is 5.76. The van der Waals surface area contributed by atoms with Gasteiger partial charge in [-0.15, -0.1) is 0 Å². The number of pyridine rings is 1. The molecule has 3 nitrogen and oxygen atoms in total. The monoisotopic (exact) mass is 279 g/mol. The Kier molecular flexibility index (Phi) is 3.30.